The predicted molar refractivity (Wildman–Crippen MR) is 153 cm³/mol. The summed E-state index contributed by atoms with van der Waals surface area (Å²) >= 11 is 0. The monoisotopic (exact) mass is 563 g/mol. The van der Waals surface area contributed by atoms with E-state index in [0.717, 1.165) is 0 Å². The second-order valence-corrected chi connectivity index (χ2v) is 10.5. The molecule has 0 spiro atoms. The molecule has 12 heteroatoms. The van der Waals surface area contributed by atoms with Crippen LogP contribution in [0.1, 0.15) is 48.9 Å². The number of ether oxygens (including phenoxy) is 2. The van der Waals surface area contributed by atoms with Crippen molar-refractivity contribution < 1.29 is 33.4 Å². The third kappa shape index (κ3) is 7.17. The van der Waals surface area contributed by atoms with Crippen molar-refractivity contribution in [2.24, 2.45) is 0 Å². The van der Waals surface area contributed by atoms with E-state index >= 15 is 4.39 Å². The highest BCUT2D eigenvalue weighted by atomic mass is 19.1. The first-order chi connectivity index (χ1) is 19.4. The fraction of sp³-hybridized carbons (Fsp3) is 0.483. The predicted octanol–water partition coefficient (Wildman–Crippen LogP) is 1.64. The molecule has 3 rings (SSSR count). The van der Waals surface area contributed by atoms with Gasteiger partial charge >= 0.3 is 0 Å². The molecule has 0 aromatic heterocycles. The fourth-order valence-corrected chi connectivity index (χ4v) is 5.36. The number of aldehydes is 1. The molecule has 0 saturated carbocycles. The maximum absolute atomic E-state index is 15.6. The molecule has 1 aliphatic heterocycles. The number of nitrogens with zero attached hydrogens (tertiary/aromatic N) is 2. The van der Waals surface area contributed by atoms with Crippen LogP contribution in [0.2, 0.25) is 0 Å². The average Bonchev–Trinajstić information content (AvgIpc) is 2.91. The zero-order valence-corrected chi connectivity index (χ0v) is 23.9. The van der Waals surface area contributed by atoms with E-state index in [4.69, 9.17) is 25.2 Å². The molecule has 216 valence electrons. The minimum absolute atomic E-state index is 0.0475. The minimum Gasteiger partial charge on any atom is -0.488 e. The molecule has 3 atom stereocenters. The summed E-state index contributed by atoms with van der Waals surface area (Å²) in [6.45, 7) is 7.24. The number of aliphatic hydroxyl groups is 1. The Morgan fingerprint density at radius 1 is 1.20 bits per heavy atom. The zero-order chi connectivity index (χ0) is 30.4. The highest BCUT2D eigenvalue weighted by molar-refractivity contribution is 6.40. The van der Waals surface area contributed by atoms with Gasteiger partial charge in [-0.1, -0.05) is 30.3 Å². The number of hydrogen-bond acceptors (Lipinski definition) is 7. The van der Waals surface area contributed by atoms with Crippen LogP contribution in [0.3, 0.4) is 0 Å². The molecule has 1 saturated heterocycles. The van der Waals surface area contributed by atoms with Crippen LogP contribution in [-0.2, 0) is 37.6 Å². The number of likely N-dealkylation sites (N-methyl/N-ethyl adjacent to an activating group) is 1. The van der Waals surface area contributed by atoms with Gasteiger partial charge in [0.1, 0.15) is 24.5 Å². The summed E-state index contributed by atoms with van der Waals surface area (Å²) in [6.07, 6.45) is 0.0342. The topological polar surface area (TPSA) is 108 Å². The molecule has 41 heavy (non-hydrogen) atoms. The molecule has 0 bridgehead atoms. The molecule has 2 aromatic carbocycles. The van der Waals surface area contributed by atoms with Crippen molar-refractivity contribution in [3.63, 3.8) is 0 Å². The lowest BCUT2D eigenvalue weighted by Crippen LogP contribution is -2.65. The average molecular weight is 563 g/mol. The van der Waals surface area contributed by atoms with Gasteiger partial charge in [-0.3, -0.25) is 14.5 Å². The quantitative estimate of drug-likeness (QED) is 0.217. The molecular formula is C29H36B2FN3O6. The molecule has 1 heterocycles. The van der Waals surface area contributed by atoms with Crippen LogP contribution in [0.15, 0.2) is 36.4 Å². The molecule has 1 fully saturated rings. The van der Waals surface area contributed by atoms with Gasteiger partial charge in [-0.25, -0.2) is 4.39 Å². The molecule has 3 unspecified atom stereocenters. The lowest BCUT2D eigenvalue weighted by Gasteiger charge is -2.47. The second-order valence-electron chi connectivity index (χ2n) is 10.5. The van der Waals surface area contributed by atoms with Gasteiger partial charge in [0.05, 0.1) is 27.9 Å². The first-order valence-electron chi connectivity index (χ1n) is 13.5. The second kappa shape index (κ2) is 13.6. The van der Waals surface area contributed by atoms with Crippen molar-refractivity contribution in [1.29, 1.82) is 0 Å². The summed E-state index contributed by atoms with van der Waals surface area (Å²) in [4.78, 5) is 38.7. The largest absolute Gasteiger partial charge is 0.488 e. The number of benzene rings is 2. The van der Waals surface area contributed by atoms with Gasteiger partial charge < -0.3 is 29.6 Å². The van der Waals surface area contributed by atoms with Crippen LogP contribution in [-0.4, -0.2) is 87.3 Å². The van der Waals surface area contributed by atoms with E-state index in [1.54, 1.807) is 43.3 Å². The van der Waals surface area contributed by atoms with Crippen LogP contribution < -0.4 is 10.1 Å². The first-order valence-corrected chi connectivity index (χ1v) is 13.5. The summed E-state index contributed by atoms with van der Waals surface area (Å²) in [5, 5.41) is 11.3. The smallest absolute Gasteiger partial charge is 0.273 e. The summed E-state index contributed by atoms with van der Waals surface area (Å²) in [6, 6.07) is 9.96. The van der Waals surface area contributed by atoms with E-state index in [2.05, 4.69) is 10.2 Å². The van der Waals surface area contributed by atoms with E-state index in [1.807, 2.05) is 13.8 Å². The lowest BCUT2D eigenvalue weighted by molar-refractivity contribution is -0.174. The van der Waals surface area contributed by atoms with Gasteiger partial charge in [-0.15, -0.1) is 0 Å². The van der Waals surface area contributed by atoms with E-state index in [1.165, 1.54) is 7.05 Å². The Kier molecular flexibility index (Phi) is 10.7. The number of carbonyl (C=O) groups excluding carboxylic acids is 3. The molecule has 4 radical (unpaired) electrons. The Balaban J connectivity index is 1.91. The van der Waals surface area contributed by atoms with Crippen molar-refractivity contribution in [1.82, 2.24) is 15.1 Å². The summed E-state index contributed by atoms with van der Waals surface area (Å²) in [5.74, 6) is -1.26. The van der Waals surface area contributed by atoms with Crippen molar-refractivity contribution in [3.8, 4) is 5.75 Å². The first kappa shape index (κ1) is 32.3. The number of halogens is 1. The minimum atomic E-state index is -2.55. The van der Waals surface area contributed by atoms with Gasteiger partial charge in [0.2, 0.25) is 12.1 Å². The molecular weight excluding hydrogens is 527 g/mol. The molecule has 2 aromatic rings. The third-order valence-electron chi connectivity index (χ3n) is 7.17. The van der Waals surface area contributed by atoms with Crippen LogP contribution in [0.4, 0.5) is 4.39 Å². The zero-order valence-electron chi connectivity index (χ0n) is 23.9. The van der Waals surface area contributed by atoms with E-state index < -0.39 is 29.2 Å². The van der Waals surface area contributed by atoms with Crippen LogP contribution in [0, 0.1) is 12.7 Å². The Labute approximate surface area is 243 Å². The maximum atomic E-state index is 15.6. The molecule has 2 N–H and O–H groups in total. The van der Waals surface area contributed by atoms with Gasteiger partial charge in [0.25, 0.3) is 5.91 Å². The van der Waals surface area contributed by atoms with E-state index in [0.29, 0.717) is 47.5 Å². The van der Waals surface area contributed by atoms with E-state index in [-0.39, 0.29) is 43.0 Å². The van der Waals surface area contributed by atoms with Crippen LogP contribution in [0.5, 0.6) is 5.75 Å². The maximum Gasteiger partial charge on any atom is 0.273 e. The number of hydrogen-bond donors (Lipinski definition) is 2. The van der Waals surface area contributed by atoms with E-state index in [9.17, 15) is 19.5 Å². The van der Waals surface area contributed by atoms with Crippen molar-refractivity contribution >= 4 is 34.3 Å². The number of morpholine rings is 1. The molecule has 2 amide bonds. The van der Waals surface area contributed by atoms with Crippen molar-refractivity contribution in [2.45, 2.75) is 70.0 Å². The lowest BCUT2D eigenvalue weighted by atomic mass is 9.55. The Morgan fingerprint density at radius 3 is 2.44 bits per heavy atom. The highest BCUT2D eigenvalue weighted by Gasteiger charge is 2.48. The van der Waals surface area contributed by atoms with Crippen molar-refractivity contribution in [2.75, 3.05) is 20.1 Å². The van der Waals surface area contributed by atoms with Gasteiger partial charge in [0, 0.05) is 56.2 Å². The number of carbonyl (C=O) groups is 3. The van der Waals surface area contributed by atoms with Gasteiger partial charge in [0.15, 0.2) is 0 Å². The Morgan fingerprint density at radius 2 is 1.83 bits per heavy atom. The highest BCUT2D eigenvalue weighted by Crippen LogP contribution is 2.37. The SMILES string of the molecule is [B]C([B])(c1c(C)cccc1OCc1cccc(CN2CC(C)OC(C)C2)c1F)N(C=O)C(O)(CCC=O)C(=O)NC. The van der Waals surface area contributed by atoms with Crippen molar-refractivity contribution in [3.05, 3.63) is 64.5 Å². The van der Waals surface area contributed by atoms with Gasteiger partial charge in [-0.05, 0) is 37.7 Å². The molecule has 9 nitrogen and oxygen atoms in total. The number of nitrogens with one attached hydrogen (secondary N) is 1. The number of amides is 2. The normalized spacial score (nSPS) is 19.2. The molecule has 0 aliphatic carbocycles. The summed E-state index contributed by atoms with van der Waals surface area (Å²) < 4.78 is 27.4. The summed E-state index contributed by atoms with van der Waals surface area (Å²) in [5.41, 5.74) is -1.16. The van der Waals surface area contributed by atoms with Crippen LogP contribution in [0.25, 0.3) is 0 Å². The van der Waals surface area contributed by atoms with Gasteiger partial charge in [-0.2, -0.15) is 0 Å². The standard InChI is InChI=1S/C29H36B2FN3O6/c1-19-8-5-11-24(25(19)29(30,31)35(18-37)28(39,12-7-13-36)27(38)33-4)40-17-23-10-6-9-22(26(23)32)16-34-14-20(2)41-21(3)15-34/h5-6,8-11,13,18,20-21,39H,7,12,14-17H2,1-4H3,(H,33,38). The fourth-order valence-electron chi connectivity index (χ4n) is 5.36. The molecule has 1 aliphatic rings. The number of rotatable bonds is 13. The van der Waals surface area contributed by atoms with Crippen LogP contribution >= 0.6 is 0 Å². The third-order valence-corrected chi connectivity index (χ3v) is 7.17. The summed E-state index contributed by atoms with van der Waals surface area (Å²) in [7, 11) is 14.2. The Bertz CT molecular complexity index is 1240. The number of aryl methyl sites for hydroxylation is 1. The Hall–Kier alpha value is -3.21.